The summed E-state index contributed by atoms with van der Waals surface area (Å²) in [5.74, 6) is 0. The highest BCUT2D eigenvalue weighted by Crippen LogP contribution is 1.89. The van der Waals surface area contributed by atoms with Crippen molar-refractivity contribution in [1.82, 2.24) is 0 Å². The molecule has 0 N–H and O–H groups in total. The number of hydrogen-bond acceptors (Lipinski definition) is 0. The standard InChI is InChI=1S/I2.H2IP.HI.H3P/c2*1-2;;/h;2H2;1H;1H3. The second-order valence-electron chi connectivity index (χ2n) is 0. The summed E-state index contributed by atoms with van der Waals surface area (Å²) >= 11 is 6.31. The summed E-state index contributed by atoms with van der Waals surface area (Å²) in [5, 5.41) is 0. The quantitative estimate of drug-likeness (QED) is 0.306. The van der Waals surface area contributed by atoms with E-state index >= 15 is 0 Å². The zero-order chi connectivity index (χ0) is 4.00. The Morgan fingerprint density at radius 2 is 1.00 bits per heavy atom. The van der Waals surface area contributed by atoms with Crippen LogP contribution in [0.25, 0.3) is 0 Å². The molecule has 0 saturated heterocycles. The Morgan fingerprint density at radius 1 is 1.00 bits per heavy atom. The molecule has 0 amide bonds. The Balaban J connectivity index is -0.00000000500. The Morgan fingerprint density at radius 3 is 1.00 bits per heavy atom. The topological polar surface area (TPSA) is 0 Å². The van der Waals surface area contributed by atoms with E-state index in [4.69, 9.17) is 0 Å². The molecule has 0 bridgehead atoms. The van der Waals surface area contributed by atoms with E-state index in [1.54, 1.807) is 0 Å². The minimum absolute atomic E-state index is 0. The van der Waals surface area contributed by atoms with Crippen LogP contribution < -0.4 is 0 Å². The van der Waals surface area contributed by atoms with Crippen molar-refractivity contribution in [1.29, 1.82) is 0 Å². The van der Waals surface area contributed by atoms with Crippen LogP contribution in [-0.2, 0) is 0 Å². The van der Waals surface area contributed by atoms with Crippen molar-refractivity contribution < 1.29 is 0 Å². The van der Waals surface area contributed by atoms with Gasteiger partial charge in [-0.15, -0.1) is 24.0 Å². The minimum atomic E-state index is 0. The molecule has 0 saturated carbocycles. The molecule has 2 atom stereocenters. The highest BCUT2D eigenvalue weighted by molar-refractivity contribution is 15.0. The van der Waals surface area contributed by atoms with Crippen molar-refractivity contribution in [2.24, 2.45) is 0 Å². The van der Waals surface area contributed by atoms with Gasteiger partial charge in [-0.3, -0.25) is 0 Å². The van der Waals surface area contributed by atoms with Gasteiger partial charge in [0.15, 0.2) is 0 Å². The summed E-state index contributed by atoms with van der Waals surface area (Å²) in [5.41, 5.74) is 0. The maximum absolute atomic E-state index is 2.39. The predicted molar refractivity (Wildman–Crippen MR) is 78.3 cm³/mol. The van der Waals surface area contributed by atoms with E-state index in [1.807, 2.05) is 0 Å². The Bertz CT molecular complexity index is 5.51. The first-order chi connectivity index (χ1) is 2.00. The van der Waals surface area contributed by atoms with Crippen LogP contribution in [0, 0.1) is 0 Å². The molecule has 0 spiro atoms. The third kappa shape index (κ3) is 25.0. The lowest BCUT2D eigenvalue weighted by atomic mass is 31.0. The summed E-state index contributed by atoms with van der Waals surface area (Å²) in [7, 11) is 0. The zero-order valence-electron chi connectivity index (χ0n) is 2.83. The second-order valence-corrected chi connectivity index (χ2v) is 0. The molecule has 0 aromatic rings. The first-order valence-corrected chi connectivity index (χ1v) is 10.8. The molecule has 6 heavy (non-hydrogen) atoms. The van der Waals surface area contributed by atoms with Crippen LogP contribution in [-0.4, -0.2) is 0 Å². The van der Waals surface area contributed by atoms with Gasteiger partial charge in [-0.2, -0.15) is 9.90 Å². The normalized spacial score (nSPS) is 2.00. The third-order valence-electron chi connectivity index (χ3n) is 0. The van der Waals surface area contributed by atoms with Gasteiger partial charge in [-0.25, -0.2) is 0 Å². The monoisotopic (exact) mass is 576 g/mol. The maximum Gasteiger partial charge on any atom is 0 e. The molecule has 0 fully saturated rings. The van der Waals surface area contributed by atoms with Gasteiger partial charge in [0, 0.05) is 37.2 Å². The summed E-state index contributed by atoms with van der Waals surface area (Å²) in [6.45, 7) is 2.39. The fraction of sp³-hybridized carbons (Fsp3) is 0. The zero-order valence-corrected chi connectivity index (χ0v) is 14.2. The molecule has 0 aliphatic carbocycles. The second kappa shape index (κ2) is 37.2. The average Bonchev–Trinajstić information content (AvgIpc) is 1.50. The summed E-state index contributed by atoms with van der Waals surface area (Å²) < 4.78 is 0. The molecule has 0 aromatic carbocycles. The van der Waals surface area contributed by atoms with Crippen LogP contribution in [0.2, 0.25) is 0 Å². The minimum Gasteiger partial charge on any atom is -0.153 e. The van der Waals surface area contributed by atoms with Gasteiger partial charge in [0.25, 0.3) is 0 Å². The third-order valence-corrected chi connectivity index (χ3v) is 0. The van der Waals surface area contributed by atoms with Crippen LogP contribution in [0.15, 0.2) is 0 Å². The molecule has 2 unspecified atom stereocenters. The Kier molecular flexibility index (Phi) is 140. The van der Waals surface area contributed by atoms with Gasteiger partial charge in [0.05, 0.1) is 0 Å². The van der Waals surface area contributed by atoms with Crippen molar-refractivity contribution in [3.8, 4) is 0 Å². The van der Waals surface area contributed by atoms with E-state index in [1.165, 1.54) is 0 Å². The van der Waals surface area contributed by atoms with Crippen LogP contribution >= 0.6 is 100 Å². The van der Waals surface area contributed by atoms with Gasteiger partial charge in [-0.1, -0.05) is 28.9 Å². The lowest BCUT2D eigenvalue weighted by molar-refractivity contribution is 6.78. The summed E-state index contributed by atoms with van der Waals surface area (Å²) in [4.78, 5) is 0. The molecule has 0 nitrogen and oxygen atoms in total. The maximum atomic E-state index is 2.39. The van der Waals surface area contributed by atoms with E-state index in [0.29, 0.717) is 0 Å². The van der Waals surface area contributed by atoms with Crippen LogP contribution in [0.1, 0.15) is 0 Å². The fourth-order valence-electron chi connectivity index (χ4n) is 0. The van der Waals surface area contributed by atoms with E-state index in [0.717, 1.165) is 0 Å². The van der Waals surface area contributed by atoms with Crippen molar-refractivity contribution in [3.05, 3.63) is 0 Å². The number of hydrogen-bond donors (Lipinski definition) is 0. The number of halogens is 4. The molecule has 44 valence electrons. The van der Waals surface area contributed by atoms with Crippen molar-refractivity contribution in [2.45, 2.75) is 0 Å². The molecule has 0 aliphatic rings. The van der Waals surface area contributed by atoms with Gasteiger partial charge >= 0.3 is 0 Å². The lowest BCUT2D eigenvalue weighted by Gasteiger charge is -1.07. The van der Waals surface area contributed by atoms with Crippen LogP contribution in [0.5, 0.6) is 0 Å². The molecule has 0 heterocycles. The fourth-order valence-corrected chi connectivity index (χ4v) is 0. The molecular weight excluding hydrogens is 570 g/mol. The van der Waals surface area contributed by atoms with Gasteiger partial charge < -0.3 is 0 Å². The molecule has 0 rings (SSSR count). The highest BCUT2D eigenvalue weighted by Gasteiger charge is 1.00. The highest BCUT2D eigenvalue weighted by atomic mass is 128. The Labute approximate surface area is 97.8 Å². The molecule has 0 radical (unpaired) electrons. The van der Waals surface area contributed by atoms with Crippen molar-refractivity contribution in [2.75, 3.05) is 0 Å². The lowest BCUT2D eigenvalue weighted by Crippen LogP contribution is -0.127. The van der Waals surface area contributed by atoms with Crippen molar-refractivity contribution >= 4 is 100 Å². The van der Waals surface area contributed by atoms with Gasteiger partial charge in [0.1, 0.15) is 0 Å². The summed E-state index contributed by atoms with van der Waals surface area (Å²) in [6, 6.07) is 0. The first-order valence-electron chi connectivity index (χ1n) is 0.361. The van der Waals surface area contributed by atoms with E-state index < -0.39 is 0 Å². The summed E-state index contributed by atoms with van der Waals surface area (Å²) in [6.07, 6.45) is 0. The van der Waals surface area contributed by atoms with E-state index in [9.17, 15) is 0 Å². The smallest absolute Gasteiger partial charge is 0 e. The SMILES string of the molecule is I.II.P.PI. The van der Waals surface area contributed by atoms with Gasteiger partial charge in [-0.05, 0) is 0 Å². The van der Waals surface area contributed by atoms with Crippen molar-refractivity contribution in [3.63, 3.8) is 0 Å². The van der Waals surface area contributed by atoms with Crippen LogP contribution in [0.4, 0.5) is 0 Å². The molecule has 6 heteroatoms. The van der Waals surface area contributed by atoms with E-state index in [2.05, 4.69) is 66.2 Å². The van der Waals surface area contributed by atoms with Crippen LogP contribution in [0.3, 0.4) is 0 Å². The molecular formula is H6I4P2. The largest absolute Gasteiger partial charge is 0.153 e. The molecule has 0 aliphatic heterocycles. The molecule has 0 aromatic heterocycles. The number of rotatable bonds is 0. The average molecular weight is 576 g/mol. The predicted octanol–water partition coefficient (Wildman–Crippen LogP) is 3.66. The first kappa shape index (κ1) is 22.6. The van der Waals surface area contributed by atoms with Gasteiger partial charge in [0.2, 0.25) is 0 Å². The van der Waals surface area contributed by atoms with E-state index in [-0.39, 0.29) is 33.9 Å². The Hall–Kier alpha value is 3.78.